The van der Waals surface area contributed by atoms with Crippen molar-refractivity contribution in [1.82, 2.24) is 14.7 Å². The highest BCUT2D eigenvalue weighted by Gasteiger charge is 2.25. The van der Waals surface area contributed by atoms with Crippen LogP contribution in [0.1, 0.15) is 37.1 Å². The molecule has 1 heterocycles. The molecule has 2 N–H and O–H groups in total. The summed E-state index contributed by atoms with van der Waals surface area (Å²) >= 11 is 0. The molecule has 0 saturated heterocycles. The van der Waals surface area contributed by atoms with Gasteiger partial charge < -0.3 is 5.73 Å². The smallest absolute Gasteiger partial charge is 0.0597 e. The number of hydrogen-bond donors (Lipinski definition) is 1. The van der Waals surface area contributed by atoms with Crippen LogP contribution < -0.4 is 5.73 Å². The van der Waals surface area contributed by atoms with Crippen LogP contribution in [0.4, 0.5) is 0 Å². The van der Waals surface area contributed by atoms with Gasteiger partial charge in [0.15, 0.2) is 0 Å². The second-order valence-corrected chi connectivity index (χ2v) is 5.10. The minimum absolute atomic E-state index is 0.775. The molecule has 0 aromatic carbocycles. The van der Waals surface area contributed by atoms with Gasteiger partial charge in [-0.25, -0.2) is 0 Å². The number of aromatic nitrogens is 2. The SMILES string of the molecule is Cc1cc(CN(CCCN)C2CCC2)n(C)n1. The molecular weight excluding hydrogens is 212 g/mol. The van der Waals surface area contributed by atoms with Crippen molar-refractivity contribution < 1.29 is 0 Å². The van der Waals surface area contributed by atoms with E-state index in [9.17, 15) is 0 Å². The number of hydrogen-bond acceptors (Lipinski definition) is 3. The molecule has 1 fully saturated rings. The Morgan fingerprint density at radius 2 is 2.29 bits per heavy atom. The predicted octanol–water partition coefficient (Wildman–Crippen LogP) is 1.43. The second kappa shape index (κ2) is 5.65. The topological polar surface area (TPSA) is 47.1 Å². The van der Waals surface area contributed by atoms with Gasteiger partial charge in [-0.2, -0.15) is 5.10 Å². The molecule has 0 atom stereocenters. The Hall–Kier alpha value is -0.870. The van der Waals surface area contributed by atoms with Crippen molar-refractivity contribution >= 4 is 0 Å². The molecule has 0 spiro atoms. The van der Waals surface area contributed by atoms with Crippen molar-refractivity contribution in [2.45, 2.75) is 45.2 Å². The summed E-state index contributed by atoms with van der Waals surface area (Å²) in [7, 11) is 2.03. The Balaban J connectivity index is 1.98. The van der Waals surface area contributed by atoms with Crippen LogP contribution in [0.25, 0.3) is 0 Å². The average molecular weight is 236 g/mol. The van der Waals surface area contributed by atoms with E-state index in [1.54, 1.807) is 0 Å². The van der Waals surface area contributed by atoms with Gasteiger partial charge in [-0.3, -0.25) is 9.58 Å². The summed E-state index contributed by atoms with van der Waals surface area (Å²) in [4.78, 5) is 2.58. The number of nitrogens with zero attached hydrogens (tertiary/aromatic N) is 3. The zero-order valence-corrected chi connectivity index (χ0v) is 11.0. The lowest BCUT2D eigenvalue weighted by Crippen LogP contribution is -2.41. The van der Waals surface area contributed by atoms with Gasteiger partial charge in [0, 0.05) is 26.2 Å². The Bertz CT molecular complexity index is 354. The Labute approximate surface area is 104 Å². The summed E-state index contributed by atoms with van der Waals surface area (Å²) in [5.41, 5.74) is 8.04. The fraction of sp³-hybridized carbons (Fsp3) is 0.769. The molecule has 0 radical (unpaired) electrons. The van der Waals surface area contributed by atoms with Gasteiger partial charge in [0.05, 0.1) is 11.4 Å². The summed E-state index contributed by atoms with van der Waals surface area (Å²) in [6.07, 6.45) is 5.17. The van der Waals surface area contributed by atoms with Crippen LogP contribution in [-0.2, 0) is 13.6 Å². The average Bonchev–Trinajstić information content (AvgIpc) is 2.51. The van der Waals surface area contributed by atoms with E-state index in [4.69, 9.17) is 5.73 Å². The third-order valence-electron chi connectivity index (χ3n) is 3.70. The summed E-state index contributed by atoms with van der Waals surface area (Å²) in [6, 6.07) is 2.96. The minimum atomic E-state index is 0.775. The van der Waals surface area contributed by atoms with Gasteiger partial charge in [-0.05, 0) is 38.8 Å². The first kappa shape index (κ1) is 12.6. The van der Waals surface area contributed by atoms with E-state index < -0.39 is 0 Å². The molecule has 0 bridgehead atoms. The van der Waals surface area contributed by atoms with Crippen molar-refractivity contribution in [3.8, 4) is 0 Å². The van der Waals surface area contributed by atoms with Gasteiger partial charge in [-0.1, -0.05) is 6.42 Å². The molecule has 0 aliphatic heterocycles. The highest BCUT2D eigenvalue weighted by atomic mass is 15.3. The molecule has 2 rings (SSSR count). The lowest BCUT2D eigenvalue weighted by Gasteiger charge is -2.37. The molecule has 1 aromatic heterocycles. The van der Waals surface area contributed by atoms with E-state index >= 15 is 0 Å². The van der Waals surface area contributed by atoms with Gasteiger partial charge in [-0.15, -0.1) is 0 Å². The largest absolute Gasteiger partial charge is 0.330 e. The van der Waals surface area contributed by atoms with Crippen LogP contribution >= 0.6 is 0 Å². The Morgan fingerprint density at radius 1 is 1.53 bits per heavy atom. The molecule has 17 heavy (non-hydrogen) atoms. The maximum atomic E-state index is 5.62. The van der Waals surface area contributed by atoms with Gasteiger partial charge in [0.25, 0.3) is 0 Å². The van der Waals surface area contributed by atoms with Crippen molar-refractivity contribution in [3.63, 3.8) is 0 Å². The van der Waals surface area contributed by atoms with Crippen molar-refractivity contribution in [2.75, 3.05) is 13.1 Å². The molecule has 1 aliphatic rings. The molecule has 0 amide bonds. The van der Waals surface area contributed by atoms with Crippen LogP contribution in [0.2, 0.25) is 0 Å². The standard InChI is InChI=1S/C13H24N4/c1-11-9-13(16(2)15-11)10-17(8-4-7-14)12-5-3-6-12/h9,12H,3-8,10,14H2,1-2H3. The van der Waals surface area contributed by atoms with E-state index in [0.29, 0.717) is 0 Å². The van der Waals surface area contributed by atoms with Crippen LogP contribution in [0.15, 0.2) is 6.07 Å². The van der Waals surface area contributed by atoms with Crippen LogP contribution in [0.5, 0.6) is 0 Å². The molecule has 0 unspecified atom stereocenters. The summed E-state index contributed by atoms with van der Waals surface area (Å²) < 4.78 is 2.00. The fourth-order valence-corrected chi connectivity index (χ4v) is 2.46. The van der Waals surface area contributed by atoms with Crippen LogP contribution in [0.3, 0.4) is 0 Å². The van der Waals surface area contributed by atoms with Crippen LogP contribution in [0, 0.1) is 6.92 Å². The van der Waals surface area contributed by atoms with Crippen LogP contribution in [-0.4, -0.2) is 33.8 Å². The van der Waals surface area contributed by atoms with E-state index in [2.05, 4.69) is 23.0 Å². The number of nitrogens with two attached hydrogens (primary N) is 1. The minimum Gasteiger partial charge on any atom is -0.330 e. The van der Waals surface area contributed by atoms with E-state index in [-0.39, 0.29) is 0 Å². The van der Waals surface area contributed by atoms with Gasteiger partial charge in [0.2, 0.25) is 0 Å². The molecule has 1 saturated carbocycles. The molecule has 4 nitrogen and oxygen atoms in total. The van der Waals surface area contributed by atoms with Gasteiger partial charge >= 0.3 is 0 Å². The maximum Gasteiger partial charge on any atom is 0.0597 e. The molecule has 96 valence electrons. The summed E-state index contributed by atoms with van der Waals surface area (Å²) in [5, 5.41) is 4.41. The summed E-state index contributed by atoms with van der Waals surface area (Å²) in [5.74, 6) is 0. The quantitative estimate of drug-likeness (QED) is 0.813. The van der Waals surface area contributed by atoms with Crippen molar-refractivity contribution in [3.05, 3.63) is 17.5 Å². The Morgan fingerprint density at radius 3 is 2.76 bits per heavy atom. The van der Waals surface area contributed by atoms with E-state index in [1.165, 1.54) is 25.0 Å². The first-order valence-electron chi connectivity index (χ1n) is 6.64. The van der Waals surface area contributed by atoms with E-state index in [1.807, 2.05) is 11.7 Å². The fourth-order valence-electron chi connectivity index (χ4n) is 2.46. The highest BCUT2D eigenvalue weighted by Crippen LogP contribution is 2.26. The van der Waals surface area contributed by atoms with Gasteiger partial charge in [0.1, 0.15) is 0 Å². The number of rotatable bonds is 6. The third-order valence-corrected chi connectivity index (χ3v) is 3.70. The normalized spacial score (nSPS) is 16.5. The zero-order valence-electron chi connectivity index (χ0n) is 11.0. The third kappa shape index (κ3) is 3.07. The highest BCUT2D eigenvalue weighted by molar-refractivity contribution is 5.08. The first-order valence-corrected chi connectivity index (χ1v) is 6.64. The zero-order chi connectivity index (χ0) is 12.3. The monoisotopic (exact) mass is 236 g/mol. The summed E-state index contributed by atoms with van der Waals surface area (Å²) in [6.45, 7) is 4.97. The Kier molecular flexibility index (Phi) is 4.18. The van der Waals surface area contributed by atoms with Crippen molar-refractivity contribution in [2.24, 2.45) is 12.8 Å². The molecule has 4 heteroatoms. The van der Waals surface area contributed by atoms with Crippen molar-refractivity contribution in [1.29, 1.82) is 0 Å². The molecule has 1 aromatic rings. The lowest BCUT2D eigenvalue weighted by atomic mass is 9.91. The molecule has 1 aliphatic carbocycles. The first-order chi connectivity index (χ1) is 8.20. The number of aryl methyl sites for hydroxylation is 2. The predicted molar refractivity (Wildman–Crippen MR) is 69.7 cm³/mol. The van der Waals surface area contributed by atoms with E-state index in [0.717, 1.165) is 37.8 Å². The lowest BCUT2D eigenvalue weighted by molar-refractivity contribution is 0.116. The molecular formula is C13H24N4. The maximum absolute atomic E-state index is 5.62. The second-order valence-electron chi connectivity index (χ2n) is 5.10.